The van der Waals surface area contributed by atoms with Gasteiger partial charge in [0.05, 0.1) is 11.5 Å². The van der Waals surface area contributed by atoms with E-state index in [2.05, 4.69) is 20.7 Å². The van der Waals surface area contributed by atoms with Gasteiger partial charge in [-0.25, -0.2) is 9.78 Å². The van der Waals surface area contributed by atoms with Crippen LogP contribution in [0.5, 0.6) is 0 Å². The van der Waals surface area contributed by atoms with Gasteiger partial charge in [0.1, 0.15) is 18.2 Å². The summed E-state index contributed by atoms with van der Waals surface area (Å²) in [5.41, 5.74) is 0.921. The van der Waals surface area contributed by atoms with E-state index < -0.39 is 11.0 Å². The van der Waals surface area contributed by atoms with Crippen LogP contribution >= 0.6 is 0 Å². The molecule has 21 heavy (non-hydrogen) atoms. The van der Waals surface area contributed by atoms with E-state index in [-0.39, 0.29) is 12.2 Å². The molecule has 110 valence electrons. The Morgan fingerprint density at radius 2 is 2.24 bits per heavy atom. The van der Waals surface area contributed by atoms with Crippen molar-refractivity contribution < 1.29 is 9.72 Å². The molecular formula is C12H14N6O3. The summed E-state index contributed by atoms with van der Waals surface area (Å²) < 4.78 is 1.39. The molecule has 0 aliphatic rings. The van der Waals surface area contributed by atoms with Crippen LogP contribution in [0.1, 0.15) is 5.56 Å². The summed E-state index contributed by atoms with van der Waals surface area (Å²) in [6.45, 7) is 2.53. The van der Waals surface area contributed by atoms with Gasteiger partial charge in [0, 0.05) is 12.7 Å². The van der Waals surface area contributed by atoms with Crippen molar-refractivity contribution in [1.29, 1.82) is 0 Å². The average molecular weight is 290 g/mol. The van der Waals surface area contributed by atoms with Crippen molar-refractivity contribution in [3.8, 4) is 0 Å². The summed E-state index contributed by atoms with van der Waals surface area (Å²) in [7, 11) is 0. The molecule has 0 bridgehead atoms. The van der Waals surface area contributed by atoms with Gasteiger partial charge >= 0.3 is 11.7 Å². The normalized spacial score (nSPS) is 10.1. The molecule has 2 N–H and O–H groups in total. The summed E-state index contributed by atoms with van der Waals surface area (Å²) in [4.78, 5) is 25.6. The number of aromatic nitrogens is 3. The molecular weight excluding hydrogens is 276 g/mol. The zero-order valence-corrected chi connectivity index (χ0v) is 11.3. The molecule has 0 aliphatic heterocycles. The Labute approximate surface area is 120 Å². The first-order valence-corrected chi connectivity index (χ1v) is 6.19. The molecule has 2 aromatic rings. The molecule has 0 aliphatic carbocycles. The maximum atomic E-state index is 11.6. The standard InChI is InChI=1S/C12H14N6O3/c1-9-2-3-11(14-6-9)16-12(19)13-4-5-17-8-10(7-15-17)18(20)21/h2-3,6-8H,4-5H2,1H3,(H2,13,14,16,19). The monoisotopic (exact) mass is 290 g/mol. The number of nitrogens with zero attached hydrogens (tertiary/aromatic N) is 4. The molecule has 2 rings (SSSR count). The molecule has 0 unspecified atom stereocenters. The van der Waals surface area contributed by atoms with Crippen LogP contribution < -0.4 is 10.6 Å². The molecule has 2 heterocycles. The van der Waals surface area contributed by atoms with Gasteiger partial charge in [-0.05, 0) is 18.6 Å². The van der Waals surface area contributed by atoms with E-state index in [0.29, 0.717) is 12.4 Å². The van der Waals surface area contributed by atoms with Crippen molar-refractivity contribution in [1.82, 2.24) is 20.1 Å². The fourth-order valence-electron chi connectivity index (χ4n) is 1.56. The first kappa shape index (κ1) is 14.4. The summed E-state index contributed by atoms with van der Waals surface area (Å²) in [5, 5.41) is 19.5. The Morgan fingerprint density at radius 3 is 2.86 bits per heavy atom. The Morgan fingerprint density at radius 1 is 1.43 bits per heavy atom. The largest absolute Gasteiger partial charge is 0.336 e. The predicted molar refractivity (Wildman–Crippen MR) is 74.9 cm³/mol. The van der Waals surface area contributed by atoms with Gasteiger partial charge in [0.15, 0.2) is 0 Å². The fraction of sp³-hybridized carbons (Fsp3) is 0.250. The van der Waals surface area contributed by atoms with Crippen molar-refractivity contribution in [2.24, 2.45) is 0 Å². The summed E-state index contributed by atoms with van der Waals surface area (Å²) >= 11 is 0. The van der Waals surface area contributed by atoms with Gasteiger partial charge < -0.3 is 5.32 Å². The van der Waals surface area contributed by atoms with Gasteiger partial charge in [-0.2, -0.15) is 5.10 Å². The van der Waals surface area contributed by atoms with Crippen LogP contribution in [0.15, 0.2) is 30.7 Å². The SMILES string of the molecule is Cc1ccc(NC(=O)NCCn2cc([N+](=O)[O-])cn2)nc1. The molecule has 2 aromatic heterocycles. The maximum Gasteiger partial charge on any atom is 0.320 e. The van der Waals surface area contributed by atoms with E-state index in [4.69, 9.17) is 0 Å². The third-order valence-corrected chi connectivity index (χ3v) is 2.61. The zero-order valence-electron chi connectivity index (χ0n) is 11.3. The van der Waals surface area contributed by atoms with Gasteiger partial charge in [0.25, 0.3) is 0 Å². The molecule has 0 saturated heterocycles. The van der Waals surface area contributed by atoms with Crippen LogP contribution in [-0.4, -0.2) is 32.3 Å². The highest BCUT2D eigenvalue weighted by molar-refractivity contribution is 5.88. The average Bonchev–Trinajstić information content (AvgIpc) is 2.90. The first-order chi connectivity index (χ1) is 10.0. The number of nitrogens with one attached hydrogen (secondary N) is 2. The lowest BCUT2D eigenvalue weighted by atomic mass is 10.3. The Bertz CT molecular complexity index is 637. The maximum absolute atomic E-state index is 11.6. The van der Waals surface area contributed by atoms with Gasteiger partial charge in [-0.15, -0.1) is 0 Å². The van der Waals surface area contributed by atoms with Crippen molar-refractivity contribution in [3.05, 3.63) is 46.4 Å². The molecule has 0 saturated carbocycles. The van der Waals surface area contributed by atoms with Crippen LogP contribution in [0.2, 0.25) is 0 Å². The van der Waals surface area contributed by atoms with Crippen molar-refractivity contribution in [2.45, 2.75) is 13.5 Å². The number of pyridine rings is 1. The second kappa shape index (κ2) is 6.46. The minimum atomic E-state index is -0.521. The number of aryl methyl sites for hydroxylation is 1. The van der Waals surface area contributed by atoms with Crippen LogP contribution in [0.25, 0.3) is 0 Å². The number of hydrogen-bond acceptors (Lipinski definition) is 5. The number of rotatable bonds is 5. The lowest BCUT2D eigenvalue weighted by Crippen LogP contribution is -2.31. The van der Waals surface area contributed by atoms with Crippen molar-refractivity contribution in [3.63, 3.8) is 0 Å². The van der Waals surface area contributed by atoms with E-state index in [1.54, 1.807) is 12.3 Å². The number of amides is 2. The number of carbonyl (C=O) groups excluding carboxylic acids is 1. The van der Waals surface area contributed by atoms with E-state index in [1.165, 1.54) is 10.9 Å². The van der Waals surface area contributed by atoms with Crippen LogP contribution in [-0.2, 0) is 6.54 Å². The third-order valence-electron chi connectivity index (χ3n) is 2.61. The molecule has 0 aromatic carbocycles. The fourth-order valence-corrected chi connectivity index (χ4v) is 1.56. The predicted octanol–water partition coefficient (Wildman–Crippen LogP) is 1.32. The molecule has 0 radical (unpaired) electrons. The lowest BCUT2D eigenvalue weighted by Gasteiger charge is -2.07. The van der Waals surface area contributed by atoms with E-state index in [0.717, 1.165) is 11.8 Å². The molecule has 0 fully saturated rings. The second-order valence-electron chi connectivity index (χ2n) is 4.32. The lowest BCUT2D eigenvalue weighted by molar-refractivity contribution is -0.385. The Hall–Kier alpha value is -2.97. The highest BCUT2D eigenvalue weighted by Crippen LogP contribution is 2.07. The summed E-state index contributed by atoms with van der Waals surface area (Å²) in [6, 6.07) is 3.14. The highest BCUT2D eigenvalue weighted by Gasteiger charge is 2.08. The van der Waals surface area contributed by atoms with Crippen LogP contribution in [0, 0.1) is 17.0 Å². The Kier molecular flexibility index (Phi) is 4.44. The van der Waals surface area contributed by atoms with Gasteiger partial charge in [0.2, 0.25) is 0 Å². The summed E-state index contributed by atoms with van der Waals surface area (Å²) in [6.07, 6.45) is 4.12. The van der Waals surface area contributed by atoms with Gasteiger partial charge in [-0.1, -0.05) is 6.07 Å². The molecule has 0 spiro atoms. The third kappa shape index (κ3) is 4.27. The van der Waals surface area contributed by atoms with E-state index in [9.17, 15) is 14.9 Å². The van der Waals surface area contributed by atoms with Crippen molar-refractivity contribution in [2.75, 3.05) is 11.9 Å². The first-order valence-electron chi connectivity index (χ1n) is 6.19. The van der Waals surface area contributed by atoms with Crippen LogP contribution in [0.4, 0.5) is 16.3 Å². The van der Waals surface area contributed by atoms with E-state index in [1.807, 2.05) is 13.0 Å². The quantitative estimate of drug-likeness (QED) is 0.636. The number of urea groups is 1. The van der Waals surface area contributed by atoms with Gasteiger partial charge in [-0.3, -0.25) is 20.1 Å². The molecule has 2 amide bonds. The zero-order chi connectivity index (χ0) is 15.2. The Balaban J connectivity index is 1.76. The van der Waals surface area contributed by atoms with Crippen molar-refractivity contribution >= 4 is 17.5 Å². The second-order valence-corrected chi connectivity index (χ2v) is 4.32. The molecule has 9 heteroatoms. The number of anilines is 1. The summed E-state index contributed by atoms with van der Waals surface area (Å²) in [5.74, 6) is 0.452. The topological polar surface area (TPSA) is 115 Å². The number of nitro groups is 1. The van der Waals surface area contributed by atoms with Crippen LogP contribution in [0.3, 0.4) is 0 Å². The number of carbonyl (C=O) groups is 1. The van der Waals surface area contributed by atoms with E-state index >= 15 is 0 Å². The minimum absolute atomic E-state index is 0.0803. The highest BCUT2D eigenvalue weighted by atomic mass is 16.6. The molecule has 0 atom stereocenters. The molecule has 9 nitrogen and oxygen atoms in total. The number of hydrogen-bond donors (Lipinski definition) is 2. The smallest absolute Gasteiger partial charge is 0.320 e. The minimum Gasteiger partial charge on any atom is -0.336 e.